The van der Waals surface area contributed by atoms with Gasteiger partial charge in [0.2, 0.25) is 0 Å². The molecule has 1 saturated carbocycles. The minimum Gasteiger partial charge on any atom is -0.466 e. The quantitative estimate of drug-likeness (QED) is 0.616. The van der Waals surface area contributed by atoms with Crippen molar-refractivity contribution >= 4 is 23.8 Å². The van der Waals surface area contributed by atoms with Gasteiger partial charge in [0.15, 0.2) is 0 Å². The number of hydrogen-bond acceptors (Lipinski definition) is 6. The van der Waals surface area contributed by atoms with E-state index in [-0.39, 0.29) is 23.0 Å². The lowest BCUT2D eigenvalue weighted by Gasteiger charge is -2.15. The van der Waals surface area contributed by atoms with Crippen LogP contribution in [-0.2, 0) is 19.2 Å². The van der Waals surface area contributed by atoms with E-state index < -0.39 is 23.7 Å². The summed E-state index contributed by atoms with van der Waals surface area (Å²) in [7, 11) is 0. The van der Waals surface area contributed by atoms with Crippen LogP contribution in [0, 0.1) is 11.8 Å². The summed E-state index contributed by atoms with van der Waals surface area (Å²) in [6.45, 7) is 2.01. The second-order valence-electron chi connectivity index (χ2n) is 5.82. The Morgan fingerprint density at radius 3 is 2.12 bits per heavy atom. The molecule has 0 bridgehead atoms. The summed E-state index contributed by atoms with van der Waals surface area (Å²) < 4.78 is 4.95. The summed E-state index contributed by atoms with van der Waals surface area (Å²) in [6.07, 6.45) is 1.30. The highest BCUT2D eigenvalue weighted by molar-refractivity contribution is 6.20. The highest BCUT2D eigenvalue weighted by Gasteiger charge is 2.42. The number of nitrogens with zero attached hydrogens (tertiary/aromatic N) is 1. The molecule has 1 aliphatic heterocycles. The minimum absolute atomic E-state index is 0.214. The SMILES string of the molecule is CCOC(=O)[C@@H]1CC[C@H](C(=O)ON2C(=O)c3ccccc3C2=O)C1. The number of fused-ring (bicyclic) bond motifs is 1. The Kier molecular flexibility index (Phi) is 4.33. The molecule has 0 N–H and O–H groups in total. The van der Waals surface area contributed by atoms with Crippen molar-refractivity contribution in [1.82, 2.24) is 5.06 Å². The van der Waals surface area contributed by atoms with Gasteiger partial charge in [-0.25, -0.2) is 4.79 Å². The Balaban J connectivity index is 1.64. The summed E-state index contributed by atoms with van der Waals surface area (Å²) >= 11 is 0. The number of imide groups is 1. The fraction of sp³-hybridized carbons (Fsp3) is 0.412. The maximum atomic E-state index is 12.2. The Bertz CT molecular complexity index is 678. The molecule has 0 saturated heterocycles. The summed E-state index contributed by atoms with van der Waals surface area (Å²) in [4.78, 5) is 53.3. The average molecular weight is 331 g/mol. The molecule has 7 heteroatoms. The maximum absolute atomic E-state index is 12.2. The Labute approximate surface area is 138 Å². The smallest absolute Gasteiger partial charge is 0.336 e. The zero-order valence-electron chi connectivity index (χ0n) is 13.2. The van der Waals surface area contributed by atoms with E-state index in [1.807, 2.05) is 0 Å². The van der Waals surface area contributed by atoms with E-state index in [0.29, 0.717) is 30.9 Å². The van der Waals surface area contributed by atoms with Crippen LogP contribution in [0.1, 0.15) is 46.9 Å². The van der Waals surface area contributed by atoms with Gasteiger partial charge in [0.25, 0.3) is 11.8 Å². The molecule has 2 amide bonds. The Hall–Kier alpha value is -2.70. The number of hydroxylamine groups is 2. The van der Waals surface area contributed by atoms with Gasteiger partial charge < -0.3 is 9.57 Å². The van der Waals surface area contributed by atoms with Crippen molar-refractivity contribution in [3.63, 3.8) is 0 Å². The second-order valence-corrected chi connectivity index (χ2v) is 5.82. The first-order valence-corrected chi connectivity index (χ1v) is 7.89. The molecule has 0 radical (unpaired) electrons. The summed E-state index contributed by atoms with van der Waals surface area (Å²) in [5.74, 6) is -3.16. The van der Waals surface area contributed by atoms with Crippen molar-refractivity contribution in [2.24, 2.45) is 11.8 Å². The first-order valence-electron chi connectivity index (χ1n) is 7.89. The molecule has 24 heavy (non-hydrogen) atoms. The molecule has 1 fully saturated rings. The van der Waals surface area contributed by atoms with Crippen molar-refractivity contribution in [3.05, 3.63) is 35.4 Å². The fourth-order valence-electron chi connectivity index (χ4n) is 3.08. The van der Waals surface area contributed by atoms with Crippen molar-refractivity contribution in [2.75, 3.05) is 6.61 Å². The normalized spacial score (nSPS) is 22.5. The van der Waals surface area contributed by atoms with Crippen LogP contribution in [0.2, 0.25) is 0 Å². The second kappa shape index (κ2) is 6.43. The van der Waals surface area contributed by atoms with Gasteiger partial charge in [0.1, 0.15) is 0 Å². The number of rotatable bonds is 4. The van der Waals surface area contributed by atoms with E-state index in [4.69, 9.17) is 9.57 Å². The van der Waals surface area contributed by atoms with Crippen LogP contribution < -0.4 is 0 Å². The highest BCUT2D eigenvalue weighted by Crippen LogP contribution is 2.33. The van der Waals surface area contributed by atoms with Gasteiger partial charge in [-0.3, -0.25) is 14.4 Å². The number of carbonyl (C=O) groups is 4. The number of esters is 1. The molecule has 1 aliphatic carbocycles. The van der Waals surface area contributed by atoms with Gasteiger partial charge in [-0.1, -0.05) is 17.2 Å². The van der Waals surface area contributed by atoms with Crippen LogP contribution in [0.3, 0.4) is 0 Å². The maximum Gasteiger partial charge on any atom is 0.336 e. The molecule has 0 unspecified atom stereocenters. The van der Waals surface area contributed by atoms with E-state index >= 15 is 0 Å². The lowest BCUT2D eigenvalue weighted by molar-refractivity contribution is -0.173. The Morgan fingerprint density at radius 2 is 1.58 bits per heavy atom. The molecule has 7 nitrogen and oxygen atoms in total. The molecular formula is C17H17NO6. The highest BCUT2D eigenvalue weighted by atomic mass is 16.7. The van der Waals surface area contributed by atoms with Crippen molar-refractivity contribution in [2.45, 2.75) is 26.2 Å². The molecule has 0 aromatic heterocycles. The summed E-state index contributed by atoms with van der Waals surface area (Å²) in [5, 5.41) is 0.505. The molecule has 1 heterocycles. The third kappa shape index (κ3) is 2.77. The number of hydrogen-bond donors (Lipinski definition) is 0. The van der Waals surface area contributed by atoms with Gasteiger partial charge in [-0.15, -0.1) is 0 Å². The monoisotopic (exact) mass is 331 g/mol. The molecule has 3 rings (SSSR count). The fourth-order valence-corrected chi connectivity index (χ4v) is 3.08. The first-order chi connectivity index (χ1) is 11.5. The zero-order valence-corrected chi connectivity index (χ0v) is 13.2. The van der Waals surface area contributed by atoms with Crippen LogP contribution in [0.15, 0.2) is 24.3 Å². The predicted octanol–water partition coefficient (Wildman–Crippen LogP) is 1.72. The molecular weight excluding hydrogens is 314 g/mol. The van der Waals surface area contributed by atoms with Crippen LogP contribution in [-0.4, -0.2) is 35.4 Å². The van der Waals surface area contributed by atoms with E-state index in [0.717, 1.165) is 0 Å². The standard InChI is InChI=1S/C17H17NO6/c1-2-23-16(21)10-7-8-11(9-10)17(22)24-18-14(19)12-5-3-4-6-13(12)15(18)20/h3-6,10-11H,2,7-9H2,1H3/t10-,11+/m1/s1. The van der Waals surface area contributed by atoms with Crippen molar-refractivity contribution < 1.29 is 28.8 Å². The van der Waals surface area contributed by atoms with E-state index in [2.05, 4.69) is 0 Å². The lowest BCUT2D eigenvalue weighted by Crippen LogP contribution is -2.34. The van der Waals surface area contributed by atoms with Gasteiger partial charge in [-0.2, -0.15) is 0 Å². The van der Waals surface area contributed by atoms with Gasteiger partial charge in [0.05, 0.1) is 29.6 Å². The van der Waals surface area contributed by atoms with Crippen molar-refractivity contribution in [3.8, 4) is 0 Å². The lowest BCUT2D eigenvalue weighted by atomic mass is 10.1. The topological polar surface area (TPSA) is 90.0 Å². The third-order valence-electron chi connectivity index (χ3n) is 4.32. The molecule has 126 valence electrons. The van der Waals surface area contributed by atoms with Gasteiger partial charge in [-0.05, 0) is 38.3 Å². The van der Waals surface area contributed by atoms with Crippen LogP contribution in [0.4, 0.5) is 0 Å². The summed E-state index contributed by atoms with van der Waals surface area (Å²) in [6, 6.07) is 6.29. The van der Waals surface area contributed by atoms with Crippen molar-refractivity contribution in [1.29, 1.82) is 0 Å². The number of carbonyl (C=O) groups excluding carboxylic acids is 4. The Morgan fingerprint density at radius 1 is 1.04 bits per heavy atom. The minimum atomic E-state index is -0.670. The molecule has 0 spiro atoms. The van der Waals surface area contributed by atoms with Gasteiger partial charge >= 0.3 is 11.9 Å². The first kappa shape index (κ1) is 16.2. The number of amides is 2. The van der Waals surface area contributed by atoms with E-state index in [1.165, 1.54) is 12.1 Å². The molecule has 1 aromatic carbocycles. The molecule has 1 aromatic rings. The van der Waals surface area contributed by atoms with Gasteiger partial charge in [0, 0.05) is 0 Å². The third-order valence-corrected chi connectivity index (χ3v) is 4.32. The van der Waals surface area contributed by atoms with E-state index in [1.54, 1.807) is 19.1 Å². The van der Waals surface area contributed by atoms with E-state index in [9.17, 15) is 19.2 Å². The average Bonchev–Trinajstić information content (AvgIpc) is 3.16. The largest absolute Gasteiger partial charge is 0.466 e. The molecule has 2 atom stereocenters. The van der Waals surface area contributed by atoms with Crippen LogP contribution in [0.25, 0.3) is 0 Å². The predicted molar refractivity (Wildman–Crippen MR) is 80.5 cm³/mol. The van der Waals surface area contributed by atoms with Crippen LogP contribution >= 0.6 is 0 Å². The molecule has 2 aliphatic rings. The van der Waals surface area contributed by atoms with Crippen LogP contribution in [0.5, 0.6) is 0 Å². The summed E-state index contributed by atoms with van der Waals surface area (Å²) in [5.41, 5.74) is 0.428. The number of benzene rings is 1. The number of ether oxygens (including phenoxy) is 1. The zero-order chi connectivity index (χ0) is 17.3.